The summed E-state index contributed by atoms with van der Waals surface area (Å²) in [4.78, 5) is 52.4. The van der Waals surface area contributed by atoms with Gasteiger partial charge in [0, 0.05) is 32.8 Å². The molecule has 10 heteroatoms. The van der Waals surface area contributed by atoms with Gasteiger partial charge in [-0.15, -0.1) is 0 Å². The summed E-state index contributed by atoms with van der Waals surface area (Å²) in [5.41, 5.74) is 0. The van der Waals surface area contributed by atoms with Crippen molar-refractivity contribution in [3.63, 3.8) is 0 Å². The summed E-state index contributed by atoms with van der Waals surface area (Å²) in [7, 11) is 1.43. The predicted molar refractivity (Wildman–Crippen MR) is 96.8 cm³/mol. The maximum atomic E-state index is 12.9. The molecule has 2 rings (SSSR count). The zero-order chi connectivity index (χ0) is 20.0. The fourth-order valence-electron chi connectivity index (χ4n) is 3.20. The minimum atomic E-state index is -0.868. The van der Waals surface area contributed by atoms with Crippen molar-refractivity contribution < 1.29 is 23.9 Å². The van der Waals surface area contributed by atoms with Crippen LogP contribution in [0.1, 0.15) is 26.7 Å². The lowest BCUT2D eigenvalue weighted by atomic mass is 10.1. The Kier molecular flexibility index (Phi) is 7.40. The van der Waals surface area contributed by atoms with Crippen LogP contribution in [0.2, 0.25) is 0 Å². The first-order chi connectivity index (χ1) is 12.8. The molecule has 0 aromatic rings. The molecule has 5 amide bonds. The second kappa shape index (κ2) is 9.54. The Bertz CT molecular complexity index is 582. The van der Waals surface area contributed by atoms with Gasteiger partial charge < -0.3 is 30.5 Å². The van der Waals surface area contributed by atoms with Gasteiger partial charge in [-0.2, -0.15) is 0 Å². The van der Waals surface area contributed by atoms with E-state index in [-0.39, 0.29) is 43.6 Å². The molecule has 27 heavy (non-hydrogen) atoms. The summed E-state index contributed by atoms with van der Waals surface area (Å²) in [6, 6.07) is -1.94. The van der Waals surface area contributed by atoms with E-state index in [1.54, 1.807) is 0 Å². The maximum Gasteiger partial charge on any atom is 0.318 e. The van der Waals surface area contributed by atoms with E-state index in [2.05, 4.69) is 16.0 Å². The van der Waals surface area contributed by atoms with Crippen LogP contribution in [-0.2, 0) is 19.1 Å². The monoisotopic (exact) mass is 383 g/mol. The summed E-state index contributed by atoms with van der Waals surface area (Å²) in [5.74, 6) is -0.906. The smallest absolute Gasteiger partial charge is 0.318 e. The van der Waals surface area contributed by atoms with Crippen molar-refractivity contribution in [2.45, 2.75) is 44.8 Å². The third-order valence-corrected chi connectivity index (χ3v) is 4.58. The van der Waals surface area contributed by atoms with Crippen LogP contribution in [0, 0.1) is 0 Å². The van der Waals surface area contributed by atoms with E-state index in [1.165, 1.54) is 16.9 Å². The number of piperazine rings is 1. The van der Waals surface area contributed by atoms with Crippen LogP contribution in [0.5, 0.6) is 0 Å². The zero-order valence-corrected chi connectivity index (χ0v) is 16.1. The Hall–Kier alpha value is -2.36. The summed E-state index contributed by atoms with van der Waals surface area (Å²) in [5, 5.41) is 8.22. The lowest BCUT2D eigenvalue weighted by Gasteiger charge is -2.41. The number of carbonyl (C=O) groups is 4. The van der Waals surface area contributed by atoms with E-state index >= 15 is 0 Å². The minimum absolute atomic E-state index is 0.0634. The lowest BCUT2D eigenvalue weighted by molar-refractivity contribution is -0.141. The molecule has 0 spiro atoms. The molecule has 2 saturated heterocycles. The highest BCUT2D eigenvalue weighted by atomic mass is 16.5. The van der Waals surface area contributed by atoms with Crippen molar-refractivity contribution in [2.75, 3.05) is 39.9 Å². The highest BCUT2D eigenvalue weighted by Gasteiger charge is 2.38. The molecule has 0 radical (unpaired) electrons. The molecule has 0 bridgehead atoms. The molecular weight excluding hydrogens is 354 g/mol. The largest absolute Gasteiger partial charge is 0.375 e. The normalized spacial score (nSPS) is 23.0. The third-order valence-electron chi connectivity index (χ3n) is 4.58. The van der Waals surface area contributed by atoms with E-state index in [0.29, 0.717) is 19.5 Å². The number of nitrogens with zero attached hydrogens (tertiary/aromatic N) is 2. The van der Waals surface area contributed by atoms with E-state index in [4.69, 9.17) is 4.74 Å². The van der Waals surface area contributed by atoms with Gasteiger partial charge in [-0.1, -0.05) is 0 Å². The highest BCUT2D eigenvalue weighted by molar-refractivity contribution is 5.93. The predicted octanol–water partition coefficient (Wildman–Crippen LogP) is -1.34. The number of piperidine rings is 1. The summed E-state index contributed by atoms with van der Waals surface area (Å²) in [6.45, 7) is 4.78. The number of methoxy groups -OCH3 is 1. The number of rotatable bonds is 5. The number of carbonyl (C=O) groups excluding carboxylic acids is 4. The fraction of sp³-hybridized carbons (Fsp3) is 0.765. The Balaban J connectivity index is 2.11. The van der Waals surface area contributed by atoms with Gasteiger partial charge in [0.15, 0.2) is 0 Å². The molecule has 2 heterocycles. The molecule has 2 unspecified atom stereocenters. The Morgan fingerprint density at radius 2 is 2.04 bits per heavy atom. The summed E-state index contributed by atoms with van der Waals surface area (Å²) in [6.07, 6.45) is 1.33. The van der Waals surface area contributed by atoms with Crippen molar-refractivity contribution in [1.29, 1.82) is 0 Å². The molecule has 2 atom stereocenters. The van der Waals surface area contributed by atoms with Crippen LogP contribution in [0.25, 0.3) is 0 Å². The van der Waals surface area contributed by atoms with Crippen LogP contribution >= 0.6 is 0 Å². The van der Waals surface area contributed by atoms with Gasteiger partial charge >= 0.3 is 6.03 Å². The lowest BCUT2D eigenvalue weighted by Crippen LogP contribution is -2.65. The van der Waals surface area contributed by atoms with Crippen LogP contribution in [0.3, 0.4) is 0 Å². The Morgan fingerprint density at radius 1 is 1.30 bits per heavy atom. The second-order valence-electron chi connectivity index (χ2n) is 7.08. The zero-order valence-electron chi connectivity index (χ0n) is 16.1. The van der Waals surface area contributed by atoms with Crippen LogP contribution in [0.15, 0.2) is 0 Å². The highest BCUT2D eigenvalue weighted by Crippen LogP contribution is 2.13. The standard InChI is InChI=1S/C17H29N5O5/c1-11(2)19-17(26)22-8-7-21(14(23)10-27-3)9-13(22)16(25)20-12-5-4-6-18-15(12)24/h11-13H,4-10H2,1-3H3,(H,18,24)(H,19,26)(H,20,25). The van der Waals surface area contributed by atoms with Gasteiger partial charge in [-0.05, 0) is 26.7 Å². The molecule has 0 aromatic heterocycles. The fourth-order valence-corrected chi connectivity index (χ4v) is 3.20. The number of hydrogen-bond acceptors (Lipinski definition) is 5. The van der Waals surface area contributed by atoms with Gasteiger partial charge in [0.1, 0.15) is 18.7 Å². The second-order valence-corrected chi connectivity index (χ2v) is 7.08. The first kappa shape index (κ1) is 20.9. The SMILES string of the molecule is COCC(=O)N1CCN(C(=O)NC(C)C)C(C(=O)NC2CCCNC2=O)C1. The Labute approximate surface area is 158 Å². The first-order valence-corrected chi connectivity index (χ1v) is 9.25. The Morgan fingerprint density at radius 3 is 2.67 bits per heavy atom. The maximum absolute atomic E-state index is 12.9. The number of hydrogen-bond donors (Lipinski definition) is 3. The number of urea groups is 1. The number of ether oxygens (including phenoxy) is 1. The van der Waals surface area contributed by atoms with Crippen molar-refractivity contribution in [3.05, 3.63) is 0 Å². The minimum Gasteiger partial charge on any atom is -0.375 e. The van der Waals surface area contributed by atoms with Gasteiger partial charge in [0.2, 0.25) is 17.7 Å². The third kappa shape index (κ3) is 5.56. The molecular formula is C17H29N5O5. The average molecular weight is 383 g/mol. The summed E-state index contributed by atoms with van der Waals surface area (Å²) < 4.78 is 4.88. The molecule has 0 saturated carbocycles. The molecule has 2 fully saturated rings. The first-order valence-electron chi connectivity index (χ1n) is 9.25. The molecule has 0 aliphatic carbocycles. The molecule has 10 nitrogen and oxygen atoms in total. The number of nitrogens with one attached hydrogen (secondary N) is 3. The topological polar surface area (TPSA) is 120 Å². The number of amides is 5. The van der Waals surface area contributed by atoms with Crippen LogP contribution in [-0.4, -0.2) is 91.6 Å². The quantitative estimate of drug-likeness (QED) is 0.543. The van der Waals surface area contributed by atoms with Crippen LogP contribution in [0.4, 0.5) is 4.79 Å². The molecule has 0 aromatic carbocycles. The molecule has 2 aliphatic heterocycles. The van der Waals surface area contributed by atoms with E-state index in [0.717, 1.165) is 6.42 Å². The van der Waals surface area contributed by atoms with Crippen molar-refractivity contribution in [1.82, 2.24) is 25.8 Å². The summed E-state index contributed by atoms with van der Waals surface area (Å²) >= 11 is 0. The van der Waals surface area contributed by atoms with Gasteiger partial charge in [0.25, 0.3) is 0 Å². The van der Waals surface area contributed by atoms with Gasteiger partial charge in [-0.25, -0.2) is 4.79 Å². The van der Waals surface area contributed by atoms with Crippen molar-refractivity contribution >= 4 is 23.8 Å². The van der Waals surface area contributed by atoms with Gasteiger partial charge in [0.05, 0.1) is 6.54 Å². The van der Waals surface area contributed by atoms with E-state index < -0.39 is 18.0 Å². The van der Waals surface area contributed by atoms with Crippen molar-refractivity contribution in [3.8, 4) is 0 Å². The molecule has 3 N–H and O–H groups in total. The molecule has 2 aliphatic rings. The van der Waals surface area contributed by atoms with Crippen LogP contribution < -0.4 is 16.0 Å². The van der Waals surface area contributed by atoms with Crippen molar-refractivity contribution in [2.24, 2.45) is 0 Å². The van der Waals surface area contributed by atoms with E-state index in [9.17, 15) is 19.2 Å². The average Bonchev–Trinajstić information content (AvgIpc) is 2.62. The van der Waals surface area contributed by atoms with Gasteiger partial charge in [-0.3, -0.25) is 14.4 Å². The van der Waals surface area contributed by atoms with E-state index in [1.807, 2.05) is 13.8 Å². The molecule has 152 valence electrons.